The number of nitrogens with zero attached hydrogens (tertiary/aromatic N) is 1. The van der Waals surface area contributed by atoms with Crippen LogP contribution in [0.1, 0.15) is 10.4 Å². The first-order valence-corrected chi connectivity index (χ1v) is 6.72. The summed E-state index contributed by atoms with van der Waals surface area (Å²) in [4.78, 5) is 11.4. The van der Waals surface area contributed by atoms with Crippen LogP contribution in [0.25, 0.3) is 0 Å². The molecular weight excluding hydrogens is 270 g/mol. The highest BCUT2D eigenvalue weighted by atomic mass is 32.2. The van der Waals surface area contributed by atoms with E-state index in [-0.39, 0.29) is 16.3 Å². The molecule has 0 unspecified atom stereocenters. The summed E-state index contributed by atoms with van der Waals surface area (Å²) >= 11 is 0. The lowest BCUT2D eigenvalue weighted by molar-refractivity contribution is 0.0596. The van der Waals surface area contributed by atoms with Crippen LogP contribution < -0.4 is 4.72 Å². The predicted octanol–water partition coefficient (Wildman–Crippen LogP) is 0.997. The van der Waals surface area contributed by atoms with Crippen LogP contribution in [0, 0.1) is 0 Å². The van der Waals surface area contributed by atoms with Crippen LogP contribution in [0.2, 0.25) is 0 Å². The number of hydrogen-bond acceptors (Lipinski definition) is 5. The molecule has 0 spiro atoms. The Morgan fingerprint density at radius 3 is 2.68 bits per heavy atom. The van der Waals surface area contributed by atoms with Gasteiger partial charge in [0.05, 0.1) is 18.9 Å². The van der Waals surface area contributed by atoms with E-state index in [1.807, 2.05) is 0 Å². The van der Waals surface area contributed by atoms with E-state index in [1.54, 1.807) is 6.07 Å². The Labute approximate surface area is 109 Å². The highest BCUT2D eigenvalue weighted by Gasteiger charge is 2.22. The molecule has 0 aliphatic heterocycles. The Morgan fingerprint density at radius 1 is 1.32 bits per heavy atom. The lowest BCUT2D eigenvalue weighted by atomic mass is 10.2. The van der Waals surface area contributed by atoms with Gasteiger partial charge >= 0.3 is 5.97 Å². The number of H-pyrrole nitrogens is 1. The molecule has 2 N–H and O–H groups in total. The van der Waals surface area contributed by atoms with Crippen LogP contribution in [-0.4, -0.2) is 31.7 Å². The molecule has 8 heteroatoms. The molecule has 0 saturated heterocycles. The predicted molar refractivity (Wildman–Crippen MR) is 67.2 cm³/mol. The van der Waals surface area contributed by atoms with Crippen molar-refractivity contribution >= 4 is 21.8 Å². The molecule has 0 amide bonds. The van der Waals surface area contributed by atoms with Gasteiger partial charge in [0.2, 0.25) is 0 Å². The summed E-state index contributed by atoms with van der Waals surface area (Å²) in [5.74, 6) is -0.509. The van der Waals surface area contributed by atoms with Gasteiger partial charge in [-0.2, -0.15) is 5.10 Å². The molecule has 1 heterocycles. The lowest BCUT2D eigenvalue weighted by Crippen LogP contribution is -2.17. The normalized spacial score (nSPS) is 11.0. The van der Waals surface area contributed by atoms with Crippen molar-refractivity contribution in [3.63, 3.8) is 0 Å². The summed E-state index contributed by atoms with van der Waals surface area (Å²) in [5.41, 5.74) is -0.0305. The van der Waals surface area contributed by atoms with Crippen molar-refractivity contribution in [3.05, 3.63) is 42.1 Å². The van der Waals surface area contributed by atoms with Crippen LogP contribution in [-0.2, 0) is 14.8 Å². The maximum absolute atomic E-state index is 12.2. The van der Waals surface area contributed by atoms with Crippen molar-refractivity contribution in [2.75, 3.05) is 11.8 Å². The Hall–Kier alpha value is -2.35. The molecule has 100 valence electrons. The number of methoxy groups -OCH3 is 1. The highest BCUT2D eigenvalue weighted by Crippen LogP contribution is 2.19. The molecule has 2 rings (SSSR count). The number of esters is 1. The molecule has 0 saturated carbocycles. The third kappa shape index (κ3) is 2.74. The summed E-state index contributed by atoms with van der Waals surface area (Å²) in [6.07, 6.45) is 1.41. The standard InChI is InChI=1S/C11H11N3O4S/c1-18-11(15)8-4-2-3-5-9(8)19(16,17)14-10-6-7-12-13-10/h2-7H,1H3,(H2,12,13,14). The van der Waals surface area contributed by atoms with Crippen molar-refractivity contribution < 1.29 is 17.9 Å². The largest absolute Gasteiger partial charge is 0.465 e. The van der Waals surface area contributed by atoms with Gasteiger partial charge in [0.15, 0.2) is 0 Å². The number of ether oxygens (including phenoxy) is 1. The molecule has 0 atom stereocenters. The molecule has 0 aliphatic rings. The number of aromatic nitrogens is 2. The van der Waals surface area contributed by atoms with E-state index in [0.717, 1.165) is 0 Å². The number of carbonyl (C=O) groups is 1. The van der Waals surface area contributed by atoms with Crippen molar-refractivity contribution in [2.45, 2.75) is 4.90 Å². The van der Waals surface area contributed by atoms with Gasteiger partial charge in [0.1, 0.15) is 10.7 Å². The van der Waals surface area contributed by atoms with E-state index in [1.165, 1.54) is 37.6 Å². The van der Waals surface area contributed by atoms with Gasteiger partial charge in [-0.05, 0) is 12.1 Å². The molecule has 7 nitrogen and oxygen atoms in total. The van der Waals surface area contributed by atoms with Crippen LogP contribution in [0.5, 0.6) is 0 Å². The summed E-state index contributed by atoms with van der Waals surface area (Å²) in [5, 5.41) is 6.10. The van der Waals surface area contributed by atoms with Crippen molar-refractivity contribution in [1.29, 1.82) is 0 Å². The maximum Gasteiger partial charge on any atom is 0.339 e. The minimum Gasteiger partial charge on any atom is -0.465 e. The fraction of sp³-hybridized carbons (Fsp3) is 0.0909. The zero-order valence-corrected chi connectivity index (χ0v) is 10.8. The first-order chi connectivity index (χ1) is 9.04. The van der Waals surface area contributed by atoms with E-state index in [2.05, 4.69) is 19.7 Å². The molecule has 1 aromatic heterocycles. The molecule has 0 aliphatic carbocycles. The first-order valence-electron chi connectivity index (χ1n) is 5.24. The van der Waals surface area contributed by atoms with Crippen LogP contribution in [0.15, 0.2) is 41.4 Å². The Balaban J connectivity index is 2.43. The summed E-state index contributed by atoms with van der Waals surface area (Å²) in [6.45, 7) is 0. The van der Waals surface area contributed by atoms with Gasteiger partial charge in [-0.1, -0.05) is 12.1 Å². The van der Waals surface area contributed by atoms with E-state index in [9.17, 15) is 13.2 Å². The van der Waals surface area contributed by atoms with E-state index in [4.69, 9.17) is 0 Å². The molecule has 0 bridgehead atoms. The van der Waals surface area contributed by atoms with Gasteiger partial charge in [0.25, 0.3) is 10.0 Å². The van der Waals surface area contributed by atoms with Crippen LogP contribution >= 0.6 is 0 Å². The number of sulfonamides is 1. The van der Waals surface area contributed by atoms with Crippen molar-refractivity contribution in [3.8, 4) is 0 Å². The van der Waals surface area contributed by atoms with Crippen molar-refractivity contribution in [2.24, 2.45) is 0 Å². The number of anilines is 1. The fourth-order valence-corrected chi connectivity index (χ4v) is 2.70. The van der Waals surface area contributed by atoms with Crippen molar-refractivity contribution in [1.82, 2.24) is 10.2 Å². The molecule has 2 aromatic rings. The maximum atomic E-state index is 12.2. The van der Waals surface area contributed by atoms with Gasteiger partial charge in [0, 0.05) is 6.07 Å². The lowest BCUT2D eigenvalue weighted by Gasteiger charge is -2.09. The molecule has 0 radical (unpaired) electrons. The van der Waals surface area contributed by atoms with Crippen LogP contribution in [0.3, 0.4) is 0 Å². The third-order valence-corrected chi connectivity index (χ3v) is 3.75. The van der Waals surface area contributed by atoms with Gasteiger partial charge in [-0.25, -0.2) is 13.2 Å². The second-order valence-corrected chi connectivity index (χ2v) is 5.21. The van der Waals surface area contributed by atoms with Crippen LogP contribution in [0.4, 0.5) is 5.82 Å². The fourth-order valence-electron chi connectivity index (χ4n) is 1.49. The minimum atomic E-state index is -3.89. The Morgan fingerprint density at radius 2 is 2.05 bits per heavy atom. The first kappa shape index (κ1) is 13.1. The number of nitrogens with one attached hydrogen (secondary N) is 2. The average Bonchev–Trinajstić information content (AvgIpc) is 2.90. The second kappa shape index (κ2) is 5.11. The molecule has 1 aromatic carbocycles. The van der Waals surface area contributed by atoms with Gasteiger partial charge < -0.3 is 4.74 Å². The molecule has 19 heavy (non-hydrogen) atoms. The van der Waals surface area contributed by atoms with E-state index in [0.29, 0.717) is 0 Å². The number of hydrogen-bond donors (Lipinski definition) is 2. The smallest absolute Gasteiger partial charge is 0.339 e. The number of aromatic amines is 1. The minimum absolute atomic E-state index is 0.0305. The SMILES string of the molecule is COC(=O)c1ccccc1S(=O)(=O)Nc1ccn[nH]1. The molecular formula is C11H11N3O4S. The summed E-state index contributed by atoms with van der Waals surface area (Å²) < 4.78 is 31.2. The Bertz CT molecular complexity index is 680. The summed E-state index contributed by atoms with van der Waals surface area (Å²) in [7, 11) is -2.70. The van der Waals surface area contributed by atoms with Gasteiger partial charge in [-0.15, -0.1) is 0 Å². The van der Waals surface area contributed by atoms with Gasteiger partial charge in [-0.3, -0.25) is 9.82 Å². The number of carbonyl (C=O) groups excluding carboxylic acids is 1. The molecule has 0 fully saturated rings. The third-order valence-electron chi connectivity index (χ3n) is 2.33. The number of rotatable bonds is 4. The average molecular weight is 281 g/mol. The monoisotopic (exact) mass is 281 g/mol. The zero-order chi connectivity index (χ0) is 13.9. The summed E-state index contributed by atoms with van der Waals surface area (Å²) in [6, 6.07) is 7.24. The van der Waals surface area contributed by atoms with E-state index >= 15 is 0 Å². The number of benzene rings is 1. The van der Waals surface area contributed by atoms with E-state index < -0.39 is 16.0 Å². The quantitative estimate of drug-likeness (QED) is 0.814. The topological polar surface area (TPSA) is 101 Å². The second-order valence-electron chi connectivity index (χ2n) is 3.56. The Kier molecular flexibility index (Phi) is 3.52. The zero-order valence-electron chi connectivity index (χ0n) is 9.95. The highest BCUT2D eigenvalue weighted by molar-refractivity contribution is 7.92.